The van der Waals surface area contributed by atoms with Crippen LogP contribution >= 0.6 is 0 Å². The molecule has 9 nitrogen and oxygen atoms in total. The van der Waals surface area contributed by atoms with Crippen molar-refractivity contribution in [2.24, 2.45) is 7.05 Å². The second kappa shape index (κ2) is 8.18. The van der Waals surface area contributed by atoms with Crippen LogP contribution in [-0.4, -0.2) is 43.1 Å². The Kier molecular flexibility index (Phi) is 4.87. The van der Waals surface area contributed by atoms with Crippen LogP contribution in [0.3, 0.4) is 0 Å². The Balaban J connectivity index is 1.31. The number of ether oxygens (including phenoxy) is 2. The van der Waals surface area contributed by atoms with E-state index in [1.807, 2.05) is 53.9 Å². The van der Waals surface area contributed by atoms with E-state index >= 15 is 0 Å². The lowest BCUT2D eigenvalue weighted by Crippen LogP contribution is -2.22. The van der Waals surface area contributed by atoms with Crippen molar-refractivity contribution in [3.63, 3.8) is 0 Å². The molecule has 4 aromatic heterocycles. The lowest BCUT2D eigenvalue weighted by Gasteiger charge is -2.23. The number of anilines is 2. The molecule has 170 valence electrons. The molecule has 1 atom stereocenters. The molecule has 9 heteroatoms. The SMILES string of the molecule is COc1cccc(C[C@@H]2COc3cc(-c4ccnc(Nc5ccnn5C)c4)cc4nnc2n34)c1. The summed E-state index contributed by atoms with van der Waals surface area (Å²) in [5, 5.41) is 16.5. The summed E-state index contributed by atoms with van der Waals surface area (Å²) in [5.41, 5.74) is 3.93. The summed E-state index contributed by atoms with van der Waals surface area (Å²) >= 11 is 0. The monoisotopic (exact) mass is 453 g/mol. The minimum Gasteiger partial charge on any atom is -0.497 e. The van der Waals surface area contributed by atoms with Gasteiger partial charge in [-0.3, -0.25) is 4.68 Å². The Morgan fingerprint density at radius 3 is 2.85 bits per heavy atom. The van der Waals surface area contributed by atoms with Crippen molar-refractivity contribution in [1.82, 2.24) is 29.4 Å². The molecule has 1 aromatic carbocycles. The fraction of sp³-hybridized carbons (Fsp3) is 0.200. The third kappa shape index (κ3) is 3.61. The zero-order valence-electron chi connectivity index (χ0n) is 18.8. The van der Waals surface area contributed by atoms with Crippen molar-refractivity contribution in [3.8, 4) is 22.8 Å². The van der Waals surface area contributed by atoms with E-state index in [2.05, 4.69) is 37.7 Å². The van der Waals surface area contributed by atoms with Crippen LogP contribution in [0.15, 0.2) is 67.0 Å². The van der Waals surface area contributed by atoms with Crippen molar-refractivity contribution >= 4 is 17.3 Å². The summed E-state index contributed by atoms with van der Waals surface area (Å²) in [5.74, 6) is 4.21. The number of nitrogens with one attached hydrogen (secondary N) is 1. The van der Waals surface area contributed by atoms with Gasteiger partial charge in [0.05, 0.1) is 19.2 Å². The molecule has 0 aliphatic carbocycles. The van der Waals surface area contributed by atoms with Crippen molar-refractivity contribution in [1.29, 1.82) is 0 Å². The van der Waals surface area contributed by atoms with Gasteiger partial charge in [0, 0.05) is 25.4 Å². The zero-order valence-corrected chi connectivity index (χ0v) is 18.8. The average Bonchev–Trinajstić information content (AvgIpc) is 3.48. The first-order valence-corrected chi connectivity index (χ1v) is 11.0. The molecule has 0 saturated heterocycles. The number of aryl methyl sites for hydroxylation is 1. The minimum atomic E-state index is 0.107. The molecule has 0 amide bonds. The van der Waals surface area contributed by atoms with E-state index < -0.39 is 0 Å². The maximum Gasteiger partial charge on any atom is 0.201 e. The number of methoxy groups -OCH3 is 1. The van der Waals surface area contributed by atoms with Crippen LogP contribution in [0.4, 0.5) is 11.6 Å². The molecule has 5 heterocycles. The van der Waals surface area contributed by atoms with Crippen LogP contribution in [-0.2, 0) is 13.5 Å². The maximum absolute atomic E-state index is 6.20. The number of pyridine rings is 2. The summed E-state index contributed by atoms with van der Waals surface area (Å²) in [7, 11) is 3.56. The van der Waals surface area contributed by atoms with Gasteiger partial charge in [-0.2, -0.15) is 5.10 Å². The van der Waals surface area contributed by atoms with E-state index in [0.29, 0.717) is 6.61 Å². The lowest BCUT2D eigenvalue weighted by atomic mass is 9.98. The molecule has 6 rings (SSSR count). The largest absolute Gasteiger partial charge is 0.497 e. The van der Waals surface area contributed by atoms with Crippen molar-refractivity contribution in [3.05, 3.63) is 78.4 Å². The van der Waals surface area contributed by atoms with E-state index in [1.54, 1.807) is 24.2 Å². The Morgan fingerprint density at radius 2 is 2.00 bits per heavy atom. The first-order valence-electron chi connectivity index (χ1n) is 11.0. The fourth-order valence-electron chi connectivity index (χ4n) is 4.34. The molecule has 0 spiro atoms. The van der Waals surface area contributed by atoms with E-state index in [-0.39, 0.29) is 5.92 Å². The van der Waals surface area contributed by atoms with Gasteiger partial charge in [0.1, 0.15) is 29.8 Å². The average molecular weight is 454 g/mol. The molecule has 0 radical (unpaired) electrons. The van der Waals surface area contributed by atoms with Gasteiger partial charge in [0.15, 0.2) is 5.65 Å². The number of benzene rings is 1. The molecule has 34 heavy (non-hydrogen) atoms. The highest BCUT2D eigenvalue weighted by molar-refractivity contribution is 5.72. The van der Waals surface area contributed by atoms with Crippen LogP contribution in [0.25, 0.3) is 16.8 Å². The van der Waals surface area contributed by atoms with Crippen molar-refractivity contribution in [2.45, 2.75) is 12.3 Å². The molecule has 0 fully saturated rings. The molecule has 0 saturated carbocycles. The second-order valence-corrected chi connectivity index (χ2v) is 8.29. The highest BCUT2D eigenvalue weighted by atomic mass is 16.5. The first kappa shape index (κ1) is 20.2. The Morgan fingerprint density at radius 1 is 1.06 bits per heavy atom. The van der Waals surface area contributed by atoms with E-state index in [0.717, 1.165) is 52.3 Å². The summed E-state index contributed by atoms with van der Waals surface area (Å²) < 4.78 is 15.3. The molecule has 1 aliphatic rings. The smallest absolute Gasteiger partial charge is 0.201 e. The number of hydrogen-bond acceptors (Lipinski definition) is 7. The van der Waals surface area contributed by atoms with Crippen LogP contribution < -0.4 is 14.8 Å². The molecule has 5 aromatic rings. The second-order valence-electron chi connectivity index (χ2n) is 8.29. The summed E-state index contributed by atoms with van der Waals surface area (Å²) in [6.45, 7) is 0.540. The van der Waals surface area contributed by atoms with E-state index in [9.17, 15) is 0 Å². The van der Waals surface area contributed by atoms with Crippen LogP contribution in [0.5, 0.6) is 11.6 Å². The summed E-state index contributed by atoms with van der Waals surface area (Å²) in [6, 6.07) is 18.0. The van der Waals surface area contributed by atoms with Gasteiger partial charge < -0.3 is 14.8 Å². The van der Waals surface area contributed by atoms with Gasteiger partial charge in [-0.15, -0.1) is 10.2 Å². The predicted molar refractivity (Wildman–Crippen MR) is 128 cm³/mol. The number of hydrogen-bond donors (Lipinski definition) is 1. The molecular formula is C25H23N7O2. The highest BCUT2D eigenvalue weighted by Gasteiger charge is 2.27. The fourth-order valence-corrected chi connectivity index (χ4v) is 4.34. The zero-order chi connectivity index (χ0) is 23.1. The van der Waals surface area contributed by atoms with Crippen molar-refractivity contribution < 1.29 is 9.47 Å². The van der Waals surface area contributed by atoms with Crippen LogP contribution in [0, 0.1) is 0 Å². The Labute approximate surface area is 196 Å². The number of nitrogens with zero attached hydrogens (tertiary/aromatic N) is 6. The summed E-state index contributed by atoms with van der Waals surface area (Å²) in [6.07, 6.45) is 4.32. The van der Waals surface area contributed by atoms with Gasteiger partial charge in [0.2, 0.25) is 5.88 Å². The van der Waals surface area contributed by atoms with E-state index in [1.165, 1.54) is 5.56 Å². The maximum atomic E-state index is 6.20. The van der Waals surface area contributed by atoms with Crippen molar-refractivity contribution in [2.75, 3.05) is 19.0 Å². The topological polar surface area (TPSA) is 91.4 Å². The van der Waals surface area contributed by atoms with Gasteiger partial charge in [-0.1, -0.05) is 12.1 Å². The van der Waals surface area contributed by atoms with E-state index in [4.69, 9.17) is 9.47 Å². The minimum absolute atomic E-state index is 0.107. The van der Waals surface area contributed by atoms with Crippen LogP contribution in [0.2, 0.25) is 0 Å². The number of aromatic nitrogens is 6. The molecule has 0 bridgehead atoms. The van der Waals surface area contributed by atoms with Gasteiger partial charge in [-0.25, -0.2) is 9.38 Å². The number of rotatable bonds is 6. The lowest BCUT2D eigenvalue weighted by molar-refractivity contribution is 0.245. The highest BCUT2D eigenvalue weighted by Crippen LogP contribution is 2.34. The quantitative estimate of drug-likeness (QED) is 0.416. The summed E-state index contributed by atoms with van der Waals surface area (Å²) in [4.78, 5) is 4.44. The predicted octanol–water partition coefficient (Wildman–Crippen LogP) is 4.00. The third-order valence-electron chi connectivity index (χ3n) is 6.08. The first-order chi connectivity index (χ1) is 16.7. The molecule has 0 unspecified atom stereocenters. The third-order valence-corrected chi connectivity index (χ3v) is 6.08. The molecular weight excluding hydrogens is 430 g/mol. The van der Waals surface area contributed by atoms with Crippen LogP contribution in [0.1, 0.15) is 17.3 Å². The Hall–Kier alpha value is -4.40. The van der Waals surface area contributed by atoms with Gasteiger partial charge in [0.25, 0.3) is 0 Å². The molecule has 1 aliphatic heterocycles. The van der Waals surface area contributed by atoms with Gasteiger partial charge >= 0.3 is 0 Å². The normalized spacial score (nSPS) is 14.7. The standard InChI is InChI=1S/C25H23N7O2/c1-31-22(7-9-27-31)28-21-12-17(6-8-26-21)18-13-23-29-30-25-19(15-34-24(14-18)32(23)25)10-16-4-3-5-20(11-16)33-2/h3-9,11-14,19H,10,15H2,1-2H3,(H,26,28)/t19-/m1/s1. The Bertz CT molecular complexity index is 1490. The van der Waals surface area contributed by atoms with Gasteiger partial charge in [-0.05, 0) is 53.4 Å². The molecule has 1 N–H and O–H groups in total.